The molecule has 1 N–H and O–H groups in total. The van der Waals surface area contributed by atoms with Crippen LogP contribution in [0.2, 0.25) is 18.1 Å². The Morgan fingerprint density at radius 3 is 2.65 bits per heavy atom. The number of hydrogen-bond donors (Lipinski definition) is 1. The van der Waals surface area contributed by atoms with Crippen molar-refractivity contribution in [3.05, 3.63) is 28.5 Å². The summed E-state index contributed by atoms with van der Waals surface area (Å²) < 4.78 is 20.2. The van der Waals surface area contributed by atoms with E-state index in [1.165, 1.54) is 6.07 Å². The average molecular weight is 403 g/mol. The van der Waals surface area contributed by atoms with E-state index in [9.17, 15) is 9.18 Å². The lowest BCUT2D eigenvalue weighted by Crippen LogP contribution is -2.44. The number of nitrogens with one attached hydrogen (secondary N) is 1. The zero-order valence-electron chi connectivity index (χ0n) is 14.2. The Bertz CT molecular complexity index is 604. The number of urea groups is 1. The molecule has 1 saturated heterocycles. The maximum absolute atomic E-state index is 13.7. The lowest BCUT2D eigenvalue weighted by Gasteiger charge is -2.36. The van der Waals surface area contributed by atoms with E-state index in [-0.39, 0.29) is 22.9 Å². The van der Waals surface area contributed by atoms with Crippen LogP contribution in [0.25, 0.3) is 0 Å². The van der Waals surface area contributed by atoms with E-state index in [2.05, 4.69) is 55.1 Å². The van der Waals surface area contributed by atoms with Gasteiger partial charge in [-0.25, -0.2) is 9.18 Å². The summed E-state index contributed by atoms with van der Waals surface area (Å²) in [5.41, 5.74) is 0.554. The number of hydrogen-bond acceptors (Lipinski definition) is 2. The molecular formula is C16H24BrFN2O2Si. The van der Waals surface area contributed by atoms with E-state index in [1.807, 2.05) is 0 Å². The van der Waals surface area contributed by atoms with Gasteiger partial charge >= 0.3 is 6.03 Å². The number of carbonyl (C=O) groups excluding carboxylic acids is 1. The highest BCUT2D eigenvalue weighted by Gasteiger charge is 2.39. The minimum absolute atomic E-state index is 0.0802. The molecule has 1 aliphatic heterocycles. The molecule has 0 bridgehead atoms. The molecule has 0 spiro atoms. The Morgan fingerprint density at radius 2 is 2.09 bits per heavy atom. The quantitative estimate of drug-likeness (QED) is 0.752. The fourth-order valence-corrected chi connectivity index (χ4v) is 3.39. The van der Waals surface area contributed by atoms with Gasteiger partial charge in [0.15, 0.2) is 8.32 Å². The van der Waals surface area contributed by atoms with Crippen LogP contribution in [-0.2, 0) is 4.43 Å². The van der Waals surface area contributed by atoms with Gasteiger partial charge in [-0.05, 0) is 52.3 Å². The van der Waals surface area contributed by atoms with Crippen LogP contribution in [0.1, 0.15) is 20.8 Å². The van der Waals surface area contributed by atoms with E-state index in [1.54, 1.807) is 17.0 Å². The Balaban J connectivity index is 2.01. The van der Waals surface area contributed by atoms with Crippen molar-refractivity contribution < 1.29 is 13.6 Å². The van der Waals surface area contributed by atoms with Crippen LogP contribution in [0.3, 0.4) is 0 Å². The summed E-state index contributed by atoms with van der Waals surface area (Å²) >= 11 is 3.12. The Kier molecular flexibility index (Phi) is 5.23. The lowest BCUT2D eigenvalue weighted by molar-refractivity contribution is 0.239. The Labute approximate surface area is 146 Å². The molecule has 7 heteroatoms. The van der Waals surface area contributed by atoms with Crippen LogP contribution in [0, 0.1) is 5.82 Å². The van der Waals surface area contributed by atoms with Gasteiger partial charge in [0.1, 0.15) is 5.82 Å². The Morgan fingerprint density at radius 1 is 1.43 bits per heavy atom. The molecule has 23 heavy (non-hydrogen) atoms. The van der Waals surface area contributed by atoms with E-state index in [0.717, 1.165) is 0 Å². The maximum atomic E-state index is 13.7. The van der Waals surface area contributed by atoms with Crippen LogP contribution in [0.5, 0.6) is 0 Å². The van der Waals surface area contributed by atoms with Gasteiger partial charge in [0, 0.05) is 5.69 Å². The summed E-state index contributed by atoms with van der Waals surface area (Å²) in [6, 6.07) is 4.40. The summed E-state index contributed by atoms with van der Waals surface area (Å²) in [6.07, 6.45) is 0. The molecule has 2 rings (SSSR count). The monoisotopic (exact) mass is 402 g/mol. The highest BCUT2D eigenvalue weighted by molar-refractivity contribution is 9.10. The minimum atomic E-state index is -1.85. The van der Waals surface area contributed by atoms with Crippen molar-refractivity contribution in [3.63, 3.8) is 0 Å². The molecule has 1 atom stereocenters. The highest BCUT2D eigenvalue weighted by atomic mass is 79.9. The molecular weight excluding hydrogens is 379 g/mol. The topological polar surface area (TPSA) is 41.6 Å². The van der Waals surface area contributed by atoms with Gasteiger partial charge in [-0.15, -0.1) is 0 Å². The first kappa shape index (κ1) is 18.4. The van der Waals surface area contributed by atoms with E-state index >= 15 is 0 Å². The second-order valence-corrected chi connectivity index (χ2v) is 13.1. The van der Waals surface area contributed by atoms with Crippen LogP contribution in [0.4, 0.5) is 14.9 Å². The van der Waals surface area contributed by atoms with Gasteiger partial charge < -0.3 is 9.74 Å². The summed E-state index contributed by atoms with van der Waals surface area (Å²) in [6.45, 7) is 11.9. The molecule has 2 amide bonds. The van der Waals surface area contributed by atoms with Crippen molar-refractivity contribution in [1.82, 2.24) is 5.32 Å². The predicted molar refractivity (Wildman–Crippen MR) is 96.9 cm³/mol. The van der Waals surface area contributed by atoms with Crippen molar-refractivity contribution in [2.75, 3.05) is 18.1 Å². The molecule has 0 aliphatic carbocycles. The second kappa shape index (κ2) is 6.53. The van der Waals surface area contributed by atoms with Crippen molar-refractivity contribution in [3.8, 4) is 0 Å². The number of halogens is 2. The largest absolute Gasteiger partial charge is 0.415 e. The van der Waals surface area contributed by atoms with E-state index in [0.29, 0.717) is 23.3 Å². The maximum Gasteiger partial charge on any atom is 0.322 e. The number of nitrogens with zero attached hydrogens (tertiary/aromatic N) is 1. The molecule has 1 aromatic rings. The number of anilines is 1. The summed E-state index contributed by atoms with van der Waals surface area (Å²) in [5.74, 6) is -0.378. The number of carbonyl (C=O) groups is 1. The van der Waals surface area contributed by atoms with Gasteiger partial charge in [-0.1, -0.05) is 20.8 Å². The fourth-order valence-electron chi connectivity index (χ4n) is 2.10. The molecule has 0 saturated carbocycles. The molecule has 1 fully saturated rings. The smallest absolute Gasteiger partial charge is 0.322 e. The number of benzene rings is 1. The van der Waals surface area contributed by atoms with Gasteiger partial charge in [0.05, 0.1) is 23.7 Å². The van der Waals surface area contributed by atoms with Crippen LogP contribution in [-0.4, -0.2) is 33.5 Å². The first-order chi connectivity index (χ1) is 10.5. The second-order valence-electron chi connectivity index (χ2n) is 7.43. The number of rotatable bonds is 4. The zero-order valence-corrected chi connectivity index (χ0v) is 16.8. The van der Waals surface area contributed by atoms with Gasteiger partial charge in [-0.3, -0.25) is 4.90 Å². The van der Waals surface area contributed by atoms with Crippen molar-refractivity contribution >= 4 is 36.0 Å². The minimum Gasteiger partial charge on any atom is -0.415 e. The molecule has 1 unspecified atom stereocenters. The third-order valence-corrected chi connectivity index (χ3v) is 9.79. The van der Waals surface area contributed by atoms with E-state index < -0.39 is 8.32 Å². The lowest BCUT2D eigenvalue weighted by atomic mass is 10.2. The molecule has 4 nitrogen and oxygen atoms in total. The third-order valence-electron chi connectivity index (χ3n) is 4.64. The first-order valence-electron chi connectivity index (χ1n) is 7.68. The van der Waals surface area contributed by atoms with Crippen molar-refractivity contribution in [2.24, 2.45) is 0 Å². The summed E-state index contributed by atoms with van der Waals surface area (Å²) in [7, 11) is -1.85. The van der Waals surface area contributed by atoms with Crippen LogP contribution >= 0.6 is 15.9 Å². The molecule has 1 heterocycles. The first-order valence-corrected chi connectivity index (χ1v) is 11.4. The predicted octanol–water partition coefficient (Wildman–Crippen LogP) is 4.51. The molecule has 0 radical (unpaired) electrons. The molecule has 128 valence electrons. The van der Waals surface area contributed by atoms with Gasteiger partial charge in [0.2, 0.25) is 0 Å². The highest BCUT2D eigenvalue weighted by Crippen LogP contribution is 2.36. The summed E-state index contributed by atoms with van der Waals surface area (Å²) in [4.78, 5) is 13.7. The number of amides is 2. The van der Waals surface area contributed by atoms with Crippen LogP contribution < -0.4 is 10.2 Å². The van der Waals surface area contributed by atoms with Gasteiger partial charge in [-0.2, -0.15) is 0 Å². The fraction of sp³-hybridized carbons (Fsp3) is 0.562. The Hall–Kier alpha value is -0.923. The molecule has 0 aromatic heterocycles. The molecule has 1 aromatic carbocycles. The normalized spacial score (nSPS) is 19.2. The SMILES string of the molecule is CC(C)(C)[Si](C)(C)OCC1CN(c2ccc(Br)c(F)c2)C(=O)N1. The third kappa shape index (κ3) is 4.13. The summed E-state index contributed by atoms with van der Waals surface area (Å²) in [5, 5.41) is 3.04. The van der Waals surface area contributed by atoms with Crippen molar-refractivity contribution in [1.29, 1.82) is 0 Å². The standard InChI is InChI=1S/C16H24BrFN2O2Si/c1-16(2,3)23(4,5)22-10-11-9-20(15(21)19-11)12-6-7-13(17)14(18)8-12/h6-8,11H,9-10H2,1-5H3,(H,19,21). The molecule has 1 aliphatic rings. The van der Waals surface area contributed by atoms with Gasteiger partial charge in [0.25, 0.3) is 0 Å². The van der Waals surface area contributed by atoms with Crippen LogP contribution in [0.15, 0.2) is 22.7 Å². The zero-order chi connectivity index (χ0) is 17.4. The average Bonchev–Trinajstić information content (AvgIpc) is 2.80. The van der Waals surface area contributed by atoms with E-state index in [4.69, 9.17) is 4.43 Å². The van der Waals surface area contributed by atoms with Crippen molar-refractivity contribution in [2.45, 2.75) is 44.9 Å².